The van der Waals surface area contributed by atoms with Crippen molar-refractivity contribution in [3.63, 3.8) is 0 Å². The van der Waals surface area contributed by atoms with E-state index in [0.717, 1.165) is 49.9 Å². The Kier molecular flexibility index (Phi) is 7.18. The van der Waals surface area contributed by atoms with E-state index in [1.807, 2.05) is 0 Å². The van der Waals surface area contributed by atoms with E-state index >= 15 is 0 Å². The van der Waals surface area contributed by atoms with Gasteiger partial charge < -0.3 is 4.74 Å². The van der Waals surface area contributed by atoms with Gasteiger partial charge in [-0.3, -0.25) is 20.2 Å². The number of nitrogens with zero attached hydrogens (tertiary/aromatic N) is 2. The summed E-state index contributed by atoms with van der Waals surface area (Å²) in [5.74, 6) is 2.16. The zero-order valence-electron chi connectivity index (χ0n) is 22.0. The molecule has 39 heavy (non-hydrogen) atoms. The second-order valence-electron chi connectivity index (χ2n) is 10.5. The van der Waals surface area contributed by atoms with Crippen LogP contribution in [0.3, 0.4) is 0 Å². The molecule has 0 aliphatic heterocycles. The van der Waals surface area contributed by atoms with Crippen LogP contribution in [-0.4, -0.2) is 21.8 Å². The van der Waals surface area contributed by atoms with Crippen LogP contribution in [0, 0.1) is 11.8 Å². The Morgan fingerprint density at radius 2 is 1.13 bits per heavy atom. The van der Waals surface area contributed by atoms with Gasteiger partial charge in [-0.15, -0.1) is 22.7 Å². The van der Waals surface area contributed by atoms with Crippen molar-refractivity contribution in [2.45, 2.75) is 52.4 Å². The van der Waals surface area contributed by atoms with Crippen molar-refractivity contribution >= 4 is 44.8 Å². The minimum Gasteiger partial charge on any atom is -0.457 e. The molecule has 7 nitrogen and oxygen atoms in total. The topological polar surface area (TPSA) is 93.2 Å². The number of carbonyl (C=O) groups is 2. The van der Waals surface area contributed by atoms with Gasteiger partial charge in [0.2, 0.25) is 0 Å². The highest BCUT2D eigenvalue weighted by molar-refractivity contribution is 7.16. The zero-order chi connectivity index (χ0) is 26.9. The van der Waals surface area contributed by atoms with Crippen LogP contribution in [0.15, 0.2) is 48.5 Å². The molecule has 2 aliphatic rings. The van der Waals surface area contributed by atoms with Crippen molar-refractivity contribution in [1.29, 1.82) is 0 Å². The van der Waals surface area contributed by atoms with Gasteiger partial charge in [0.1, 0.15) is 11.5 Å². The van der Waals surface area contributed by atoms with E-state index in [1.165, 1.54) is 9.75 Å². The molecule has 200 valence electrons. The average molecular weight is 559 g/mol. The van der Waals surface area contributed by atoms with Crippen molar-refractivity contribution in [2.24, 2.45) is 11.8 Å². The molecule has 2 N–H and O–H groups in total. The van der Waals surface area contributed by atoms with Gasteiger partial charge in [-0.25, -0.2) is 9.97 Å². The number of thiazole rings is 2. The number of carbonyl (C=O) groups excluding carboxylic acids is 2. The summed E-state index contributed by atoms with van der Waals surface area (Å²) in [5, 5.41) is 7.19. The van der Waals surface area contributed by atoms with E-state index < -0.39 is 0 Å². The fourth-order valence-corrected chi connectivity index (χ4v) is 7.34. The fourth-order valence-electron chi connectivity index (χ4n) is 5.01. The van der Waals surface area contributed by atoms with Crippen LogP contribution in [0.4, 0.5) is 10.3 Å². The van der Waals surface area contributed by atoms with E-state index in [1.54, 1.807) is 71.2 Å². The lowest BCUT2D eigenvalue weighted by molar-refractivity contribution is 0.101. The van der Waals surface area contributed by atoms with Crippen molar-refractivity contribution < 1.29 is 14.3 Å². The maximum atomic E-state index is 12.7. The first-order valence-electron chi connectivity index (χ1n) is 13.4. The number of benzene rings is 2. The summed E-state index contributed by atoms with van der Waals surface area (Å²) in [6.45, 7) is 4.51. The van der Waals surface area contributed by atoms with E-state index in [2.05, 4.69) is 34.4 Å². The summed E-state index contributed by atoms with van der Waals surface area (Å²) in [7, 11) is 0. The van der Waals surface area contributed by atoms with Gasteiger partial charge in [-0.05, 0) is 98.9 Å². The van der Waals surface area contributed by atoms with Crippen LogP contribution in [0.5, 0.6) is 11.5 Å². The summed E-state index contributed by atoms with van der Waals surface area (Å²) >= 11 is 3.15. The molecule has 2 heterocycles. The van der Waals surface area contributed by atoms with Crippen LogP contribution in [-0.2, 0) is 25.7 Å². The van der Waals surface area contributed by atoms with Crippen LogP contribution in [0.1, 0.15) is 68.5 Å². The molecule has 0 saturated heterocycles. The molecule has 4 aromatic rings. The molecule has 6 rings (SSSR count). The number of anilines is 2. The third-order valence-corrected chi connectivity index (χ3v) is 9.35. The number of fused-ring (bicyclic) bond motifs is 2. The van der Waals surface area contributed by atoms with Crippen LogP contribution >= 0.6 is 22.7 Å². The molecule has 0 spiro atoms. The number of aryl methyl sites for hydroxylation is 2. The average Bonchev–Trinajstić information content (AvgIpc) is 3.51. The lowest BCUT2D eigenvalue weighted by Gasteiger charge is -2.15. The Bertz CT molecular complexity index is 1390. The minimum atomic E-state index is -0.188. The molecular formula is C30H30N4O3S2. The van der Waals surface area contributed by atoms with Crippen molar-refractivity contribution in [2.75, 3.05) is 10.6 Å². The third-order valence-electron chi connectivity index (χ3n) is 7.28. The van der Waals surface area contributed by atoms with Gasteiger partial charge in [0.05, 0.1) is 11.4 Å². The number of rotatable bonds is 6. The quantitative estimate of drug-likeness (QED) is 0.262. The Hall–Kier alpha value is -3.56. The molecule has 0 fully saturated rings. The van der Waals surface area contributed by atoms with Gasteiger partial charge in [-0.2, -0.15) is 0 Å². The number of ether oxygens (including phenoxy) is 1. The first-order valence-corrected chi connectivity index (χ1v) is 15.0. The van der Waals surface area contributed by atoms with Gasteiger partial charge in [-0.1, -0.05) is 13.8 Å². The Morgan fingerprint density at radius 1 is 0.718 bits per heavy atom. The van der Waals surface area contributed by atoms with Gasteiger partial charge in [0.15, 0.2) is 10.3 Å². The lowest BCUT2D eigenvalue weighted by Crippen LogP contribution is -2.12. The van der Waals surface area contributed by atoms with Gasteiger partial charge >= 0.3 is 0 Å². The zero-order valence-corrected chi connectivity index (χ0v) is 23.6. The van der Waals surface area contributed by atoms with Crippen molar-refractivity contribution in [3.05, 3.63) is 80.8 Å². The first-order chi connectivity index (χ1) is 18.9. The first kappa shape index (κ1) is 25.7. The Morgan fingerprint density at radius 3 is 1.54 bits per heavy atom. The molecule has 2 aromatic heterocycles. The van der Waals surface area contributed by atoms with E-state index in [0.29, 0.717) is 44.7 Å². The van der Waals surface area contributed by atoms with Gasteiger partial charge in [0, 0.05) is 20.9 Å². The Balaban J connectivity index is 1.04. The van der Waals surface area contributed by atoms with Crippen molar-refractivity contribution in [3.8, 4) is 11.5 Å². The number of hydrogen-bond donors (Lipinski definition) is 2. The van der Waals surface area contributed by atoms with Crippen LogP contribution < -0.4 is 15.4 Å². The SMILES string of the molecule is CC1CCc2nc(NC(=O)c3ccc(Oc4ccc(C(=O)Nc5nc6c(s5)CC(C)CC6)cc4)cc3)sc2C1. The molecule has 0 bridgehead atoms. The highest BCUT2D eigenvalue weighted by Gasteiger charge is 2.22. The third kappa shape index (κ3) is 5.89. The highest BCUT2D eigenvalue weighted by Crippen LogP contribution is 2.33. The largest absolute Gasteiger partial charge is 0.457 e. The second-order valence-corrected chi connectivity index (χ2v) is 12.7. The summed E-state index contributed by atoms with van der Waals surface area (Å²) in [4.78, 5) is 37.3. The normalized spacial score (nSPS) is 18.1. The molecule has 2 aromatic carbocycles. The summed E-state index contributed by atoms with van der Waals surface area (Å²) < 4.78 is 5.93. The van der Waals surface area contributed by atoms with Crippen LogP contribution in [0.2, 0.25) is 0 Å². The number of aromatic nitrogens is 2. The molecule has 0 radical (unpaired) electrons. The summed E-state index contributed by atoms with van der Waals surface area (Å²) in [5.41, 5.74) is 3.32. The number of hydrogen-bond acceptors (Lipinski definition) is 7. The fraction of sp³-hybridized carbons (Fsp3) is 0.333. The summed E-state index contributed by atoms with van der Waals surface area (Å²) in [6, 6.07) is 14.0. The maximum absolute atomic E-state index is 12.7. The van der Waals surface area contributed by atoms with Gasteiger partial charge in [0.25, 0.3) is 11.8 Å². The minimum absolute atomic E-state index is 0.188. The van der Waals surface area contributed by atoms with Crippen LogP contribution in [0.25, 0.3) is 0 Å². The predicted octanol–water partition coefficient (Wildman–Crippen LogP) is 7.15. The second kappa shape index (κ2) is 10.9. The van der Waals surface area contributed by atoms with E-state index in [-0.39, 0.29) is 11.8 Å². The number of nitrogens with one attached hydrogen (secondary N) is 2. The molecule has 9 heteroatoms. The van der Waals surface area contributed by atoms with E-state index in [4.69, 9.17) is 4.74 Å². The predicted molar refractivity (Wildman–Crippen MR) is 155 cm³/mol. The smallest absolute Gasteiger partial charge is 0.257 e. The standard InChI is InChI=1S/C30H30N4O3S2/c1-17-3-13-23-25(15-17)38-29(31-23)33-27(35)19-5-9-21(10-6-19)37-22-11-7-20(8-12-22)28(36)34-30-32-24-14-4-18(2)16-26(24)39-30/h5-12,17-18H,3-4,13-16H2,1-2H3,(H,31,33,35)(H,32,34,36). The molecule has 2 amide bonds. The monoisotopic (exact) mass is 558 g/mol. The summed E-state index contributed by atoms with van der Waals surface area (Å²) in [6.07, 6.45) is 6.33. The molecule has 2 unspecified atom stereocenters. The maximum Gasteiger partial charge on any atom is 0.257 e. The molecule has 0 saturated carbocycles. The molecular weight excluding hydrogens is 528 g/mol. The Labute approximate surface area is 235 Å². The number of amides is 2. The molecule has 2 aliphatic carbocycles. The molecule has 2 atom stereocenters. The van der Waals surface area contributed by atoms with E-state index in [9.17, 15) is 9.59 Å². The lowest BCUT2D eigenvalue weighted by atomic mass is 9.93. The van der Waals surface area contributed by atoms with Crippen molar-refractivity contribution in [1.82, 2.24) is 9.97 Å². The highest BCUT2D eigenvalue weighted by atomic mass is 32.1.